The normalized spacial score (nSPS) is 22.0. The van der Waals surface area contributed by atoms with E-state index in [0.29, 0.717) is 11.9 Å². The molecule has 3 aromatic heterocycles. The number of allylic oxidation sites excluding steroid dienone is 1. The molecule has 0 aliphatic carbocycles. The number of hydrogen-bond donors (Lipinski definition) is 2. The summed E-state index contributed by atoms with van der Waals surface area (Å²) in [4.78, 5) is 79.2. The van der Waals surface area contributed by atoms with Crippen LogP contribution in [0, 0.1) is 20.8 Å². The van der Waals surface area contributed by atoms with Gasteiger partial charge >= 0.3 is 29.8 Å². The highest BCUT2D eigenvalue weighted by molar-refractivity contribution is 5.85. The van der Waals surface area contributed by atoms with Gasteiger partial charge in [0.05, 0.1) is 25.1 Å². The molecule has 8 bridgehead atoms. The number of carbonyl (C=O) groups excluding carboxylic acids is 5. The molecule has 16 heteroatoms. The van der Waals surface area contributed by atoms with Gasteiger partial charge in [0, 0.05) is 85.0 Å². The number of aromatic nitrogens is 4. The summed E-state index contributed by atoms with van der Waals surface area (Å²) in [6.45, 7) is 16.5. The Kier molecular flexibility index (Phi) is 14.0. The molecule has 7 atom stereocenters. The summed E-state index contributed by atoms with van der Waals surface area (Å²) in [5.41, 5.74) is 12.3. The molecule has 0 aromatic carbocycles. The predicted octanol–water partition coefficient (Wildman–Crippen LogP) is 6.80. The number of hydrogen-bond acceptors (Lipinski definition) is 14. The molecule has 6 heterocycles. The van der Waals surface area contributed by atoms with Crippen LogP contribution in [-0.2, 0) is 70.2 Å². The number of esters is 5. The third kappa shape index (κ3) is 9.76. The van der Waals surface area contributed by atoms with Gasteiger partial charge in [0.25, 0.3) is 0 Å². The molecule has 1 saturated heterocycles. The maximum atomic E-state index is 12.5. The minimum absolute atomic E-state index is 0.0743. The second kappa shape index (κ2) is 19.0. The lowest BCUT2D eigenvalue weighted by atomic mass is 9.86. The molecular weight excluding hydrogens is 801 g/mol. The molecule has 3 aliphatic rings. The number of ether oxygens (including phenoxy) is 7. The summed E-state index contributed by atoms with van der Waals surface area (Å²) in [7, 11) is 1.39. The number of fused-ring (bicyclic) bond motifs is 8. The molecule has 3 aromatic rings. The maximum Gasteiger partial charge on any atom is 0.305 e. The number of nitrogens with one attached hydrogen (secondary N) is 2. The van der Waals surface area contributed by atoms with E-state index in [9.17, 15) is 24.0 Å². The number of aryl methyl sites for hydroxylation is 3. The summed E-state index contributed by atoms with van der Waals surface area (Å²) in [6, 6.07) is 6.10. The second-order valence-corrected chi connectivity index (χ2v) is 16.0. The van der Waals surface area contributed by atoms with Gasteiger partial charge < -0.3 is 43.1 Å². The van der Waals surface area contributed by atoms with E-state index in [1.54, 1.807) is 0 Å². The van der Waals surface area contributed by atoms with Crippen LogP contribution >= 0.6 is 0 Å². The number of rotatable bonds is 12. The van der Waals surface area contributed by atoms with Crippen LogP contribution in [0.5, 0.6) is 0 Å². The highest BCUT2D eigenvalue weighted by Gasteiger charge is 2.53. The summed E-state index contributed by atoms with van der Waals surface area (Å²) in [5, 5.41) is 0. The number of nitrogens with zero attached hydrogens (tertiary/aromatic N) is 2. The average molecular weight is 857 g/mol. The van der Waals surface area contributed by atoms with Gasteiger partial charge in [-0.3, -0.25) is 29.0 Å². The highest BCUT2D eigenvalue weighted by Crippen LogP contribution is 2.42. The van der Waals surface area contributed by atoms with E-state index in [-0.39, 0.29) is 37.4 Å². The maximum absolute atomic E-state index is 12.5. The van der Waals surface area contributed by atoms with Gasteiger partial charge in [0.15, 0.2) is 24.6 Å². The van der Waals surface area contributed by atoms with Crippen molar-refractivity contribution in [2.75, 3.05) is 13.7 Å². The van der Waals surface area contributed by atoms with E-state index in [4.69, 9.17) is 43.1 Å². The highest BCUT2D eigenvalue weighted by atomic mass is 16.7. The Labute approximate surface area is 360 Å². The van der Waals surface area contributed by atoms with Crippen molar-refractivity contribution in [1.29, 1.82) is 0 Å². The molecule has 1 fully saturated rings. The topological polar surface area (TPSA) is 207 Å². The van der Waals surface area contributed by atoms with Crippen LogP contribution in [0.1, 0.15) is 124 Å². The van der Waals surface area contributed by atoms with Crippen molar-refractivity contribution in [3.8, 4) is 0 Å². The molecule has 0 saturated carbocycles. The Balaban J connectivity index is 1.54. The van der Waals surface area contributed by atoms with Crippen molar-refractivity contribution in [1.82, 2.24) is 19.9 Å². The summed E-state index contributed by atoms with van der Waals surface area (Å²) in [5.74, 6) is -3.30. The molecule has 2 N–H and O–H groups in total. The van der Waals surface area contributed by atoms with E-state index in [1.807, 2.05) is 32.9 Å². The number of H-pyrrole nitrogens is 2. The third-order valence-electron chi connectivity index (χ3n) is 11.8. The van der Waals surface area contributed by atoms with E-state index in [0.717, 1.165) is 93.0 Å². The number of carbonyl (C=O) groups is 5. The first kappa shape index (κ1) is 45.7. The monoisotopic (exact) mass is 856 g/mol. The van der Waals surface area contributed by atoms with Crippen LogP contribution in [0.15, 0.2) is 18.2 Å². The van der Waals surface area contributed by atoms with Crippen LogP contribution in [0.2, 0.25) is 0 Å². The van der Waals surface area contributed by atoms with E-state index < -0.39 is 54.6 Å². The summed E-state index contributed by atoms with van der Waals surface area (Å²) >= 11 is 0. The lowest BCUT2D eigenvalue weighted by Crippen LogP contribution is -2.62. The van der Waals surface area contributed by atoms with Crippen LogP contribution in [0.3, 0.4) is 0 Å². The first-order valence-corrected chi connectivity index (χ1v) is 20.8. The van der Waals surface area contributed by atoms with Gasteiger partial charge in [-0.25, -0.2) is 4.98 Å². The first-order chi connectivity index (χ1) is 29.4. The molecule has 3 aliphatic heterocycles. The van der Waals surface area contributed by atoms with Crippen molar-refractivity contribution in [2.45, 2.75) is 138 Å². The Hall–Kier alpha value is -5.87. The second-order valence-electron chi connectivity index (χ2n) is 16.0. The molecule has 16 nitrogen and oxygen atoms in total. The van der Waals surface area contributed by atoms with Crippen molar-refractivity contribution in [3.63, 3.8) is 0 Å². The average Bonchev–Trinajstić information content (AvgIpc) is 3.91. The van der Waals surface area contributed by atoms with E-state index in [2.05, 4.69) is 42.9 Å². The lowest BCUT2D eigenvalue weighted by Gasteiger charge is -2.44. The molecule has 0 spiro atoms. The van der Waals surface area contributed by atoms with Crippen molar-refractivity contribution in [2.24, 2.45) is 0 Å². The smallest absolute Gasteiger partial charge is 0.305 e. The van der Waals surface area contributed by atoms with E-state index in [1.165, 1.54) is 21.0 Å². The zero-order chi connectivity index (χ0) is 45.2. The number of aromatic amines is 2. The van der Waals surface area contributed by atoms with Crippen molar-refractivity contribution < 1.29 is 57.1 Å². The molecule has 6 rings (SSSR count). The minimum atomic E-state index is -1.39. The Morgan fingerprint density at radius 3 is 1.98 bits per heavy atom. The molecule has 0 radical (unpaired) electrons. The standard InChI is InChI=1S/C46H56N4O12/c1-12-30-22(3)36-18-39-32(19-58-46-45(61-29(10)54)44(60-28(9)53)43(59-27(8)52)40(62-46)20-57-26(7)51)24(5)35(49-39)17-37-23(4)31(13-14-41(55)56-11)42(50-37)25(6)34-15-21(2)33(47-34)16-38(30)48-36/h15-18,23,31,40,43-46,48-49H,12-14,19-20H2,1-11H3/t23-,31-,40+,43+,44-,45+,46+/m0/s1. The van der Waals surface area contributed by atoms with Crippen LogP contribution in [0.4, 0.5) is 0 Å². The zero-order valence-corrected chi connectivity index (χ0v) is 37.2. The van der Waals surface area contributed by atoms with Gasteiger partial charge in [0.1, 0.15) is 12.7 Å². The van der Waals surface area contributed by atoms with Crippen LogP contribution < -0.4 is 0 Å². The molecule has 332 valence electrons. The zero-order valence-electron chi connectivity index (χ0n) is 37.2. The molecule has 0 unspecified atom stereocenters. The van der Waals surface area contributed by atoms with E-state index >= 15 is 0 Å². The fraction of sp³-hybridized carbons (Fsp3) is 0.500. The Bertz CT molecular complexity index is 2470. The van der Waals surface area contributed by atoms with Gasteiger partial charge in [-0.2, -0.15) is 0 Å². The van der Waals surface area contributed by atoms with Crippen LogP contribution in [-0.4, -0.2) is 94.2 Å². The minimum Gasteiger partial charge on any atom is -0.469 e. The number of methoxy groups -OCH3 is 1. The molecule has 62 heavy (non-hydrogen) atoms. The fourth-order valence-electron chi connectivity index (χ4n) is 8.50. The van der Waals surface area contributed by atoms with Gasteiger partial charge in [-0.05, 0) is 92.6 Å². The first-order valence-electron chi connectivity index (χ1n) is 20.8. The SMILES string of the molecule is CCc1c(C)c2cc3[nH]c(cc4nc(c(C)c5nc(cc1[nH]2)C(C)=C5)[C@@H](CCC(=O)OC)[C@@H]4C)c(C)c3CO[C@@H]1O[C@H](COC(C)=O)[C@@H](OC(C)=O)[C@H](OC(C)=O)[C@H]1OC(C)=O. The fourth-order valence-corrected chi connectivity index (χ4v) is 8.50. The molecular formula is C46H56N4O12. The predicted molar refractivity (Wildman–Crippen MR) is 227 cm³/mol. The van der Waals surface area contributed by atoms with Crippen LogP contribution in [0.25, 0.3) is 33.7 Å². The van der Waals surface area contributed by atoms with Gasteiger partial charge in [-0.15, -0.1) is 0 Å². The molecule has 0 amide bonds. The largest absolute Gasteiger partial charge is 0.469 e. The Morgan fingerprint density at radius 1 is 0.742 bits per heavy atom. The van der Waals surface area contributed by atoms with Crippen molar-refractivity contribution in [3.05, 3.63) is 68.8 Å². The lowest BCUT2D eigenvalue weighted by molar-refractivity contribution is -0.310. The quantitative estimate of drug-likeness (QED) is 0.142. The summed E-state index contributed by atoms with van der Waals surface area (Å²) < 4.78 is 39.9. The van der Waals surface area contributed by atoms with Gasteiger partial charge in [-0.1, -0.05) is 13.8 Å². The Morgan fingerprint density at radius 2 is 1.35 bits per heavy atom. The van der Waals surface area contributed by atoms with Crippen molar-refractivity contribution >= 4 is 63.6 Å². The third-order valence-corrected chi connectivity index (χ3v) is 11.8. The van der Waals surface area contributed by atoms with Gasteiger partial charge in [0.2, 0.25) is 0 Å². The summed E-state index contributed by atoms with van der Waals surface area (Å²) in [6.07, 6.45) is -3.06.